The maximum Gasteiger partial charge on any atom is 0.338 e. The molecule has 11 heteroatoms. The number of rotatable bonds is 8. The number of carbonyl (C=O) groups excluding carboxylic acids is 6. The third kappa shape index (κ3) is 4.41. The molecule has 0 bridgehead atoms. The summed E-state index contributed by atoms with van der Waals surface area (Å²) in [6, 6.07) is 8.27. The number of benzene rings is 2. The van der Waals surface area contributed by atoms with Crippen LogP contribution >= 0.6 is 0 Å². The van der Waals surface area contributed by atoms with Crippen LogP contribution in [0.1, 0.15) is 58.2 Å². The first-order chi connectivity index (χ1) is 16.7. The Bertz CT molecular complexity index is 1290. The van der Waals surface area contributed by atoms with Crippen LogP contribution in [0.4, 0.5) is 5.69 Å². The van der Waals surface area contributed by atoms with Crippen LogP contribution in [0.2, 0.25) is 0 Å². The monoisotopic (exact) mass is 479 g/mol. The zero-order valence-electron chi connectivity index (χ0n) is 19.0. The first-order valence-electron chi connectivity index (χ1n) is 10.7. The number of ether oxygens (including phenoxy) is 2. The van der Waals surface area contributed by atoms with Gasteiger partial charge in [-0.25, -0.2) is 4.79 Å². The minimum atomic E-state index is -0.850. The standard InChI is InChI=1S/C24H21N3O8/c1-26-20(29)15-7-5-14(11-18(15)21(26)30)25-19(28)12-35-24(33)13-4-6-16-17(10-13)23(32)27(22(16)31)8-3-9-34-2/h4-7,10-11H,3,8-9,12H2,1-2H3,(H,25,28). The van der Waals surface area contributed by atoms with Crippen molar-refractivity contribution < 1.29 is 38.2 Å². The lowest BCUT2D eigenvalue weighted by Crippen LogP contribution is -2.31. The van der Waals surface area contributed by atoms with Crippen molar-refractivity contribution in [1.29, 1.82) is 0 Å². The summed E-state index contributed by atoms with van der Waals surface area (Å²) in [5.41, 5.74) is 0.966. The third-order valence-corrected chi connectivity index (χ3v) is 5.64. The van der Waals surface area contributed by atoms with Crippen LogP contribution < -0.4 is 5.32 Å². The van der Waals surface area contributed by atoms with E-state index >= 15 is 0 Å². The summed E-state index contributed by atoms with van der Waals surface area (Å²) < 4.78 is 9.97. The number of imide groups is 2. The van der Waals surface area contributed by atoms with Crippen LogP contribution in [0.3, 0.4) is 0 Å². The molecule has 1 N–H and O–H groups in total. The van der Waals surface area contributed by atoms with E-state index in [1.165, 1.54) is 50.6 Å². The molecule has 2 aliphatic rings. The van der Waals surface area contributed by atoms with Gasteiger partial charge in [0.2, 0.25) is 0 Å². The molecule has 11 nitrogen and oxygen atoms in total. The van der Waals surface area contributed by atoms with Gasteiger partial charge in [-0.15, -0.1) is 0 Å². The number of hydrogen-bond acceptors (Lipinski definition) is 8. The van der Waals surface area contributed by atoms with Gasteiger partial charge in [-0.2, -0.15) is 0 Å². The Morgan fingerprint density at radius 2 is 1.49 bits per heavy atom. The highest BCUT2D eigenvalue weighted by atomic mass is 16.5. The lowest BCUT2D eigenvalue weighted by molar-refractivity contribution is -0.119. The topological polar surface area (TPSA) is 139 Å². The second-order valence-corrected chi connectivity index (χ2v) is 7.92. The van der Waals surface area contributed by atoms with Crippen molar-refractivity contribution in [2.24, 2.45) is 0 Å². The Morgan fingerprint density at radius 3 is 2.23 bits per heavy atom. The first kappa shape index (κ1) is 23.8. The van der Waals surface area contributed by atoms with Gasteiger partial charge in [-0.1, -0.05) is 0 Å². The maximum absolute atomic E-state index is 12.6. The quantitative estimate of drug-likeness (QED) is 0.340. The molecule has 0 spiro atoms. The van der Waals surface area contributed by atoms with Crippen molar-refractivity contribution >= 4 is 41.2 Å². The number of amides is 5. The number of hydrogen-bond donors (Lipinski definition) is 1. The van der Waals surface area contributed by atoms with E-state index < -0.39 is 42.1 Å². The number of anilines is 1. The molecule has 0 fully saturated rings. The average molecular weight is 479 g/mol. The molecule has 4 rings (SSSR count). The molecule has 180 valence electrons. The predicted octanol–water partition coefficient (Wildman–Crippen LogP) is 1.34. The Hall–Kier alpha value is -4.38. The average Bonchev–Trinajstić information content (AvgIpc) is 3.22. The van der Waals surface area contributed by atoms with Gasteiger partial charge in [-0.3, -0.25) is 33.8 Å². The normalized spacial score (nSPS) is 14.3. The van der Waals surface area contributed by atoms with Gasteiger partial charge in [-0.05, 0) is 42.8 Å². The predicted molar refractivity (Wildman–Crippen MR) is 120 cm³/mol. The summed E-state index contributed by atoms with van der Waals surface area (Å²) in [5.74, 6) is -3.37. The van der Waals surface area contributed by atoms with Crippen molar-refractivity contribution in [1.82, 2.24) is 9.80 Å². The molecule has 0 aromatic heterocycles. The lowest BCUT2D eigenvalue weighted by atomic mass is 10.1. The Kier molecular flexibility index (Phi) is 6.43. The molecule has 0 radical (unpaired) electrons. The molecule has 2 aliphatic heterocycles. The van der Waals surface area contributed by atoms with Gasteiger partial charge in [0.15, 0.2) is 6.61 Å². The molecular formula is C24H21N3O8. The van der Waals surface area contributed by atoms with Crippen molar-refractivity contribution in [2.75, 3.05) is 39.2 Å². The zero-order chi connectivity index (χ0) is 25.3. The molecule has 2 aromatic carbocycles. The number of nitrogens with zero attached hydrogens (tertiary/aromatic N) is 2. The first-order valence-corrected chi connectivity index (χ1v) is 10.7. The largest absolute Gasteiger partial charge is 0.452 e. The second kappa shape index (κ2) is 9.47. The van der Waals surface area contributed by atoms with E-state index in [4.69, 9.17) is 9.47 Å². The molecule has 0 saturated heterocycles. The van der Waals surface area contributed by atoms with Crippen molar-refractivity contribution in [3.05, 3.63) is 64.2 Å². The summed E-state index contributed by atoms with van der Waals surface area (Å²) >= 11 is 0. The van der Waals surface area contributed by atoms with Crippen LogP contribution in [0.25, 0.3) is 0 Å². The van der Waals surface area contributed by atoms with Gasteiger partial charge in [0, 0.05) is 33.0 Å². The minimum Gasteiger partial charge on any atom is -0.452 e. The van der Waals surface area contributed by atoms with Crippen molar-refractivity contribution in [2.45, 2.75) is 6.42 Å². The maximum atomic E-state index is 12.6. The van der Waals surface area contributed by atoms with Crippen LogP contribution in [0.15, 0.2) is 36.4 Å². The SMILES string of the molecule is COCCCN1C(=O)c2ccc(C(=O)OCC(=O)Nc3ccc4c(c3)C(=O)N(C)C4=O)cc2C1=O. The molecule has 0 unspecified atom stereocenters. The van der Waals surface area contributed by atoms with E-state index in [1.807, 2.05) is 0 Å². The van der Waals surface area contributed by atoms with Gasteiger partial charge in [0.25, 0.3) is 29.5 Å². The van der Waals surface area contributed by atoms with Crippen molar-refractivity contribution in [3.63, 3.8) is 0 Å². The molecule has 0 aliphatic carbocycles. The Labute approximate surface area is 199 Å². The number of carbonyl (C=O) groups is 6. The fraction of sp³-hybridized carbons (Fsp3) is 0.250. The minimum absolute atomic E-state index is 0.0149. The molecular weight excluding hydrogens is 458 g/mol. The highest BCUT2D eigenvalue weighted by Gasteiger charge is 2.36. The van der Waals surface area contributed by atoms with E-state index in [2.05, 4.69) is 5.32 Å². The Balaban J connectivity index is 1.37. The highest BCUT2D eigenvalue weighted by molar-refractivity contribution is 6.22. The van der Waals surface area contributed by atoms with E-state index in [0.29, 0.717) is 13.0 Å². The van der Waals surface area contributed by atoms with Crippen molar-refractivity contribution in [3.8, 4) is 0 Å². The Morgan fingerprint density at radius 1 is 0.857 bits per heavy atom. The molecule has 2 aromatic rings. The van der Waals surface area contributed by atoms with Gasteiger partial charge < -0.3 is 14.8 Å². The van der Waals surface area contributed by atoms with E-state index in [-0.39, 0.29) is 40.0 Å². The summed E-state index contributed by atoms with van der Waals surface area (Å²) in [5, 5.41) is 2.50. The number of esters is 1. The van der Waals surface area contributed by atoms with Gasteiger partial charge >= 0.3 is 5.97 Å². The summed E-state index contributed by atoms with van der Waals surface area (Å²) in [7, 11) is 2.89. The highest BCUT2D eigenvalue weighted by Crippen LogP contribution is 2.26. The van der Waals surface area contributed by atoms with E-state index in [1.54, 1.807) is 0 Å². The summed E-state index contributed by atoms with van der Waals surface area (Å²) in [6.45, 7) is -0.0430. The number of methoxy groups -OCH3 is 1. The molecule has 35 heavy (non-hydrogen) atoms. The van der Waals surface area contributed by atoms with Crippen LogP contribution in [0.5, 0.6) is 0 Å². The molecule has 0 atom stereocenters. The number of fused-ring (bicyclic) bond motifs is 2. The number of nitrogens with one attached hydrogen (secondary N) is 1. The van der Waals surface area contributed by atoms with E-state index in [9.17, 15) is 28.8 Å². The third-order valence-electron chi connectivity index (χ3n) is 5.64. The fourth-order valence-corrected chi connectivity index (χ4v) is 3.84. The molecule has 2 heterocycles. The van der Waals surface area contributed by atoms with Gasteiger partial charge in [0.05, 0.1) is 27.8 Å². The summed E-state index contributed by atoms with van der Waals surface area (Å²) in [4.78, 5) is 75.8. The van der Waals surface area contributed by atoms with Crippen LogP contribution in [-0.2, 0) is 14.3 Å². The summed E-state index contributed by atoms with van der Waals surface area (Å²) in [6.07, 6.45) is 0.483. The smallest absolute Gasteiger partial charge is 0.338 e. The van der Waals surface area contributed by atoms with Crippen LogP contribution in [-0.4, -0.2) is 79.2 Å². The van der Waals surface area contributed by atoms with E-state index in [0.717, 1.165) is 9.80 Å². The van der Waals surface area contributed by atoms with Gasteiger partial charge in [0.1, 0.15) is 0 Å². The lowest BCUT2D eigenvalue weighted by Gasteiger charge is -2.12. The fourth-order valence-electron chi connectivity index (χ4n) is 3.84. The second-order valence-electron chi connectivity index (χ2n) is 7.92. The molecule has 0 saturated carbocycles. The zero-order valence-corrected chi connectivity index (χ0v) is 19.0. The van der Waals surface area contributed by atoms with Crippen LogP contribution in [0, 0.1) is 0 Å². The molecule has 5 amide bonds.